The van der Waals surface area contributed by atoms with Crippen LogP contribution < -0.4 is 10.1 Å². The number of carbonyl (C=O) groups excluding carboxylic acids is 1. The second kappa shape index (κ2) is 9.13. The van der Waals surface area contributed by atoms with Crippen molar-refractivity contribution in [3.05, 3.63) is 52.8 Å². The van der Waals surface area contributed by atoms with Gasteiger partial charge in [-0.05, 0) is 42.2 Å². The number of halogens is 1. The maximum atomic E-state index is 13.2. The quantitative estimate of drug-likeness (QED) is 0.549. The highest BCUT2D eigenvalue weighted by Gasteiger charge is 2.32. The lowest BCUT2D eigenvalue weighted by Crippen LogP contribution is -2.54. The minimum Gasteiger partial charge on any atom is -0.453 e. The molecule has 0 radical (unpaired) electrons. The molecule has 10 heteroatoms. The van der Waals surface area contributed by atoms with E-state index in [4.69, 9.17) is 16.3 Å². The van der Waals surface area contributed by atoms with E-state index >= 15 is 0 Å². The third kappa shape index (κ3) is 5.11. The summed E-state index contributed by atoms with van der Waals surface area (Å²) >= 11 is 5.98. The summed E-state index contributed by atoms with van der Waals surface area (Å²) in [6.45, 7) is 11.8. The summed E-state index contributed by atoms with van der Waals surface area (Å²) in [6.07, 6.45) is 1.48. The lowest BCUT2D eigenvalue weighted by Gasteiger charge is -2.37. The molecule has 1 unspecified atom stereocenters. The highest BCUT2D eigenvalue weighted by atomic mass is 35.5. The maximum Gasteiger partial charge on any atom is 0.253 e. The van der Waals surface area contributed by atoms with Crippen molar-refractivity contribution < 1.29 is 9.53 Å². The third-order valence-electron chi connectivity index (χ3n) is 6.16. The Hall–Kier alpha value is -3.17. The van der Waals surface area contributed by atoms with Gasteiger partial charge in [-0.25, -0.2) is 9.88 Å². The smallest absolute Gasteiger partial charge is 0.253 e. The number of ether oxygens (including phenoxy) is 1. The van der Waals surface area contributed by atoms with Gasteiger partial charge in [0.25, 0.3) is 5.91 Å². The summed E-state index contributed by atoms with van der Waals surface area (Å²) in [7, 11) is 0. The minimum atomic E-state index is -0.304. The van der Waals surface area contributed by atoms with Gasteiger partial charge in [0, 0.05) is 37.3 Å². The van der Waals surface area contributed by atoms with Crippen molar-refractivity contribution in [3.8, 4) is 17.0 Å². The second-order valence-electron chi connectivity index (χ2n) is 10.3. The first kappa shape index (κ1) is 23.6. The van der Waals surface area contributed by atoms with Crippen LogP contribution in [0.25, 0.3) is 11.3 Å². The Morgan fingerprint density at radius 1 is 1.17 bits per heavy atom. The molecular weight excluding hydrogens is 466 g/mol. The predicted octanol–water partition coefficient (Wildman–Crippen LogP) is 3.89. The number of hydrogen-bond donors (Lipinski definition) is 1. The Morgan fingerprint density at radius 2 is 1.94 bits per heavy atom. The Balaban J connectivity index is 1.20. The van der Waals surface area contributed by atoms with Crippen molar-refractivity contribution in [1.29, 1.82) is 0 Å². The van der Waals surface area contributed by atoms with Crippen LogP contribution >= 0.6 is 11.6 Å². The van der Waals surface area contributed by atoms with E-state index in [1.165, 1.54) is 0 Å². The van der Waals surface area contributed by atoms with Crippen LogP contribution in [-0.4, -0.2) is 68.2 Å². The van der Waals surface area contributed by atoms with Crippen LogP contribution in [0.15, 0.2) is 36.5 Å². The normalized spacial score (nSPS) is 18.2. The highest BCUT2D eigenvalue weighted by Crippen LogP contribution is 2.32. The van der Waals surface area contributed by atoms with Gasteiger partial charge < -0.3 is 15.0 Å². The fraction of sp³-hybridized carbons (Fsp3) is 0.440. The number of aryl methyl sites for hydroxylation is 1. The number of piperazine rings is 1. The zero-order valence-corrected chi connectivity index (χ0v) is 21.2. The van der Waals surface area contributed by atoms with Crippen LogP contribution in [0.5, 0.6) is 5.75 Å². The number of benzene rings is 1. The number of nitrogens with one attached hydrogen (secondary N) is 1. The molecule has 2 aliphatic heterocycles. The van der Waals surface area contributed by atoms with E-state index in [9.17, 15) is 4.79 Å². The lowest BCUT2D eigenvalue weighted by molar-refractivity contribution is 0.0177. The fourth-order valence-corrected chi connectivity index (χ4v) is 4.55. The Bertz CT molecular complexity index is 1240. The van der Waals surface area contributed by atoms with Crippen molar-refractivity contribution in [2.24, 2.45) is 5.41 Å². The monoisotopic (exact) mass is 495 g/mol. The van der Waals surface area contributed by atoms with E-state index in [1.54, 1.807) is 17.1 Å². The zero-order chi connectivity index (χ0) is 24.7. The summed E-state index contributed by atoms with van der Waals surface area (Å²) in [4.78, 5) is 23.3. The van der Waals surface area contributed by atoms with Crippen molar-refractivity contribution in [2.75, 3.05) is 31.5 Å². The van der Waals surface area contributed by atoms with Gasteiger partial charge in [0.2, 0.25) is 6.35 Å². The van der Waals surface area contributed by atoms with E-state index in [0.29, 0.717) is 48.5 Å². The van der Waals surface area contributed by atoms with Crippen molar-refractivity contribution in [3.63, 3.8) is 0 Å². The molecule has 1 saturated heterocycles. The molecule has 2 aromatic heterocycles. The van der Waals surface area contributed by atoms with Crippen LogP contribution in [0.3, 0.4) is 0 Å². The molecule has 1 atom stereocenters. The van der Waals surface area contributed by atoms with E-state index in [2.05, 4.69) is 46.2 Å². The number of pyridine rings is 1. The molecule has 9 nitrogen and oxygen atoms in total. The average Bonchev–Trinajstić information content (AvgIpc) is 3.44. The van der Waals surface area contributed by atoms with Crippen LogP contribution in [0, 0.1) is 12.3 Å². The van der Waals surface area contributed by atoms with Gasteiger partial charge in [-0.2, -0.15) is 15.0 Å². The average molecular weight is 496 g/mol. The van der Waals surface area contributed by atoms with Crippen LogP contribution in [0.4, 0.5) is 5.82 Å². The number of nitrogens with zero attached hydrogens (tertiary/aromatic N) is 6. The largest absolute Gasteiger partial charge is 0.453 e. The molecular formula is C25H30ClN7O2. The minimum absolute atomic E-state index is 0.0349. The third-order valence-corrected chi connectivity index (χ3v) is 6.37. The van der Waals surface area contributed by atoms with Crippen LogP contribution in [-0.2, 0) is 6.54 Å². The van der Waals surface area contributed by atoms with E-state index in [1.807, 2.05) is 36.1 Å². The van der Waals surface area contributed by atoms with Gasteiger partial charge in [-0.1, -0.05) is 38.4 Å². The van der Waals surface area contributed by atoms with Gasteiger partial charge in [-0.3, -0.25) is 4.79 Å². The van der Waals surface area contributed by atoms with Crippen molar-refractivity contribution in [1.82, 2.24) is 29.8 Å². The highest BCUT2D eigenvalue weighted by molar-refractivity contribution is 6.29. The molecule has 1 amide bonds. The standard InChI is InChI=1S/C25H30ClN7O2/c1-16-13-17(5-6-18(16)19-14-27-33(30-19)15-25(2,3)4)23(34)31-9-11-32(12-10-31)24-29-22-20(35-24)7-8-21(26)28-22/h5-8,13-14,24H,9-12,15H2,1-4H3,(H,28,29). The molecule has 4 heterocycles. The number of rotatable bonds is 4. The molecule has 1 fully saturated rings. The first-order chi connectivity index (χ1) is 16.7. The molecule has 0 aliphatic carbocycles. The molecule has 35 heavy (non-hydrogen) atoms. The number of hydrogen-bond acceptors (Lipinski definition) is 7. The topological polar surface area (TPSA) is 88.4 Å². The van der Waals surface area contributed by atoms with Gasteiger partial charge >= 0.3 is 0 Å². The maximum absolute atomic E-state index is 13.2. The molecule has 5 rings (SSSR count). The number of fused-ring (bicyclic) bond motifs is 1. The Labute approximate surface area is 210 Å². The van der Waals surface area contributed by atoms with Crippen LogP contribution in [0.2, 0.25) is 5.15 Å². The molecule has 0 saturated carbocycles. The van der Waals surface area contributed by atoms with Crippen LogP contribution in [0.1, 0.15) is 36.7 Å². The molecule has 1 N–H and O–H groups in total. The van der Waals surface area contributed by atoms with Gasteiger partial charge in [0.15, 0.2) is 11.6 Å². The van der Waals surface area contributed by atoms with E-state index < -0.39 is 0 Å². The first-order valence-corrected chi connectivity index (χ1v) is 12.2. The lowest BCUT2D eigenvalue weighted by atomic mass is 9.97. The molecule has 0 bridgehead atoms. The summed E-state index contributed by atoms with van der Waals surface area (Å²) < 4.78 is 5.96. The molecule has 2 aliphatic rings. The molecule has 184 valence electrons. The summed E-state index contributed by atoms with van der Waals surface area (Å²) in [6, 6.07) is 9.32. The second-order valence-corrected chi connectivity index (χ2v) is 10.7. The SMILES string of the molecule is Cc1cc(C(=O)N2CCN(C3Nc4nc(Cl)ccc4O3)CC2)ccc1-c1cnn(CC(C)(C)C)n1. The summed E-state index contributed by atoms with van der Waals surface area (Å²) in [5.74, 6) is 1.37. The summed E-state index contributed by atoms with van der Waals surface area (Å²) in [5, 5.41) is 12.7. The number of aromatic nitrogens is 4. The van der Waals surface area contributed by atoms with Gasteiger partial charge in [0.05, 0.1) is 12.7 Å². The van der Waals surface area contributed by atoms with E-state index in [-0.39, 0.29) is 17.7 Å². The predicted molar refractivity (Wildman–Crippen MR) is 134 cm³/mol. The summed E-state index contributed by atoms with van der Waals surface area (Å²) in [5.41, 5.74) is 3.60. The zero-order valence-electron chi connectivity index (χ0n) is 20.5. The van der Waals surface area contributed by atoms with Crippen molar-refractivity contribution in [2.45, 2.75) is 40.6 Å². The number of amides is 1. The molecule has 3 aromatic rings. The van der Waals surface area contributed by atoms with Gasteiger partial charge in [-0.15, -0.1) is 0 Å². The Kier molecular flexibility index (Phi) is 6.14. The first-order valence-electron chi connectivity index (χ1n) is 11.8. The van der Waals surface area contributed by atoms with Gasteiger partial charge in [0.1, 0.15) is 10.8 Å². The number of carbonyl (C=O) groups is 1. The number of anilines is 1. The fourth-order valence-electron chi connectivity index (χ4n) is 4.40. The Morgan fingerprint density at radius 3 is 2.66 bits per heavy atom. The molecule has 1 aromatic carbocycles. The van der Waals surface area contributed by atoms with E-state index in [0.717, 1.165) is 23.4 Å². The van der Waals surface area contributed by atoms with Crippen molar-refractivity contribution >= 4 is 23.3 Å². The molecule has 0 spiro atoms.